The minimum Gasteiger partial charge on any atom is -0.497 e. The lowest BCUT2D eigenvalue weighted by molar-refractivity contribution is 0.413. The molecule has 0 atom stereocenters. The third-order valence-corrected chi connectivity index (χ3v) is 3.74. The summed E-state index contributed by atoms with van der Waals surface area (Å²) in [6.07, 6.45) is 0. The van der Waals surface area contributed by atoms with Crippen LogP contribution in [0.15, 0.2) is 52.3 Å². The van der Waals surface area contributed by atoms with E-state index in [1.54, 1.807) is 18.9 Å². The zero-order valence-corrected chi connectivity index (χ0v) is 11.1. The lowest BCUT2D eigenvalue weighted by atomic mass is 10.2. The van der Waals surface area contributed by atoms with Crippen molar-refractivity contribution in [1.29, 1.82) is 5.26 Å². The molecule has 2 aromatic rings. The SMILES string of the molecule is COc1cccc(Sc2ccc(C#N)cc2C)c1. The van der Waals surface area contributed by atoms with Crippen molar-refractivity contribution in [2.24, 2.45) is 0 Å². The van der Waals surface area contributed by atoms with Crippen molar-refractivity contribution < 1.29 is 4.74 Å². The molecule has 2 nitrogen and oxygen atoms in total. The van der Waals surface area contributed by atoms with Crippen LogP contribution < -0.4 is 4.74 Å². The molecular formula is C15H13NOS. The highest BCUT2D eigenvalue weighted by Crippen LogP contribution is 2.32. The molecule has 90 valence electrons. The highest BCUT2D eigenvalue weighted by atomic mass is 32.2. The van der Waals surface area contributed by atoms with Crippen LogP contribution in [0.3, 0.4) is 0 Å². The fraction of sp³-hybridized carbons (Fsp3) is 0.133. The molecule has 2 rings (SSSR count). The van der Waals surface area contributed by atoms with Crippen molar-refractivity contribution in [2.75, 3.05) is 7.11 Å². The van der Waals surface area contributed by atoms with E-state index in [9.17, 15) is 0 Å². The van der Waals surface area contributed by atoms with Gasteiger partial charge >= 0.3 is 0 Å². The number of aryl methyl sites for hydroxylation is 1. The molecule has 2 aromatic carbocycles. The third kappa shape index (κ3) is 2.85. The van der Waals surface area contributed by atoms with E-state index in [1.165, 1.54) is 0 Å². The first-order valence-electron chi connectivity index (χ1n) is 5.55. The molecule has 0 aliphatic rings. The van der Waals surface area contributed by atoms with E-state index in [0.717, 1.165) is 21.1 Å². The van der Waals surface area contributed by atoms with Gasteiger partial charge in [0.05, 0.1) is 18.7 Å². The number of hydrogen-bond donors (Lipinski definition) is 0. The van der Waals surface area contributed by atoms with E-state index in [1.807, 2.05) is 49.4 Å². The van der Waals surface area contributed by atoms with Crippen molar-refractivity contribution in [3.63, 3.8) is 0 Å². The fourth-order valence-corrected chi connectivity index (χ4v) is 2.56. The predicted molar refractivity (Wildman–Crippen MR) is 73.0 cm³/mol. The average molecular weight is 255 g/mol. The quantitative estimate of drug-likeness (QED) is 0.830. The summed E-state index contributed by atoms with van der Waals surface area (Å²) in [7, 11) is 1.66. The maximum atomic E-state index is 8.84. The van der Waals surface area contributed by atoms with Gasteiger partial charge in [-0.2, -0.15) is 5.26 Å². The smallest absolute Gasteiger partial charge is 0.119 e. The van der Waals surface area contributed by atoms with Gasteiger partial charge in [0, 0.05) is 9.79 Å². The van der Waals surface area contributed by atoms with E-state index in [-0.39, 0.29) is 0 Å². The molecule has 0 aliphatic carbocycles. The topological polar surface area (TPSA) is 33.0 Å². The van der Waals surface area contributed by atoms with Crippen molar-refractivity contribution in [1.82, 2.24) is 0 Å². The largest absolute Gasteiger partial charge is 0.497 e. The molecule has 0 fully saturated rings. The summed E-state index contributed by atoms with van der Waals surface area (Å²) in [5.74, 6) is 0.853. The molecule has 0 amide bonds. The summed E-state index contributed by atoms with van der Waals surface area (Å²) < 4.78 is 5.20. The molecule has 0 saturated carbocycles. The number of nitrogens with zero attached hydrogens (tertiary/aromatic N) is 1. The minimum absolute atomic E-state index is 0.697. The van der Waals surface area contributed by atoms with Crippen LogP contribution in [0.2, 0.25) is 0 Å². The summed E-state index contributed by atoms with van der Waals surface area (Å²) in [4.78, 5) is 2.28. The zero-order chi connectivity index (χ0) is 13.0. The summed E-state index contributed by atoms with van der Waals surface area (Å²) in [6, 6.07) is 15.8. The first-order chi connectivity index (χ1) is 8.72. The average Bonchev–Trinajstić information content (AvgIpc) is 2.41. The van der Waals surface area contributed by atoms with Gasteiger partial charge in [-0.1, -0.05) is 17.8 Å². The number of rotatable bonds is 3. The van der Waals surface area contributed by atoms with Gasteiger partial charge in [0.2, 0.25) is 0 Å². The Balaban J connectivity index is 2.26. The third-order valence-electron chi connectivity index (χ3n) is 2.57. The Morgan fingerprint density at radius 3 is 2.67 bits per heavy atom. The van der Waals surface area contributed by atoms with Gasteiger partial charge in [0.1, 0.15) is 5.75 Å². The molecule has 0 heterocycles. The Kier molecular flexibility index (Phi) is 3.91. The van der Waals surface area contributed by atoms with Crippen LogP contribution in [-0.4, -0.2) is 7.11 Å². The zero-order valence-electron chi connectivity index (χ0n) is 10.3. The van der Waals surface area contributed by atoms with Gasteiger partial charge in [-0.15, -0.1) is 0 Å². The van der Waals surface area contributed by atoms with Crippen LogP contribution >= 0.6 is 11.8 Å². The van der Waals surface area contributed by atoms with Crippen LogP contribution in [-0.2, 0) is 0 Å². The van der Waals surface area contributed by atoms with Gasteiger partial charge in [0.25, 0.3) is 0 Å². The maximum Gasteiger partial charge on any atom is 0.119 e. The number of ether oxygens (including phenoxy) is 1. The molecule has 0 N–H and O–H groups in total. The van der Waals surface area contributed by atoms with Gasteiger partial charge in [-0.05, 0) is 48.9 Å². The number of nitriles is 1. The van der Waals surface area contributed by atoms with E-state index in [4.69, 9.17) is 10.00 Å². The Morgan fingerprint density at radius 1 is 1.17 bits per heavy atom. The first-order valence-corrected chi connectivity index (χ1v) is 6.37. The number of hydrogen-bond acceptors (Lipinski definition) is 3. The molecule has 0 aromatic heterocycles. The molecule has 0 unspecified atom stereocenters. The molecule has 0 saturated heterocycles. The predicted octanol–water partition coefficient (Wildman–Crippen LogP) is 4.03. The van der Waals surface area contributed by atoms with Crippen molar-refractivity contribution in [3.8, 4) is 11.8 Å². The van der Waals surface area contributed by atoms with Gasteiger partial charge in [-0.3, -0.25) is 0 Å². The van der Waals surface area contributed by atoms with Crippen LogP contribution in [0.5, 0.6) is 5.75 Å². The number of benzene rings is 2. The maximum absolute atomic E-state index is 8.84. The van der Waals surface area contributed by atoms with Gasteiger partial charge < -0.3 is 4.74 Å². The summed E-state index contributed by atoms with van der Waals surface area (Å²) in [5, 5.41) is 8.84. The Morgan fingerprint density at radius 2 is 2.00 bits per heavy atom. The second-order valence-corrected chi connectivity index (χ2v) is 4.99. The molecule has 18 heavy (non-hydrogen) atoms. The fourth-order valence-electron chi connectivity index (χ4n) is 1.63. The van der Waals surface area contributed by atoms with Gasteiger partial charge in [-0.25, -0.2) is 0 Å². The van der Waals surface area contributed by atoms with Crippen molar-refractivity contribution >= 4 is 11.8 Å². The molecule has 0 spiro atoms. The van der Waals surface area contributed by atoms with Crippen LogP contribution in [0.25, 0.3) is 0 Å². The monoisotopic (exact) mass is 255 g/mol. The van der Waals surface area contributed by atoms with E-state index < -0.39 is 0 Å². The standard InChI is InChI=1S/C15H13NOS/c1-11-8-12(10-16)6-7-15(11)18-14-5-3-4-13(9-14)17-2/h3-9H,1-2H3. The lowest BCUT2D eigenvalue weighted by Crippen LogP contribution is -1.84. The highest BCUT2D eigenvalue weighted by molar-refractivity contribution is 7.99. The van der Waals surface area contributed by atoms with Crippen LogP contribution in [0.4, 0.5) is 0 Å². The molecule has 0 bridgehead atoms. The van der Waals surface area contributed by atoms with Crippen LogP contribution in [0.1, 0.15) is 11.1 Å². The van der Waals surface area contributed by atoms with Crippen molar-refractivity contribution in [3.05, 3.63) is 53.6 Å². The summed E-state index contributed by atoms with van der Waals surface area (Å²) >= 11 is 1.67. The minimum atomic E-state index is 0.697. The molecule has 0 aliphatic heterocycles. The first kappa shape index (κ1) is 12.5. The second kappa shape index (κ2) is 5.61. The molecular weight excluding hydrogens is 242 g/mol. The van der Waals surface area contributed by atoms with Crippen LogP contribution in [0, 0.1) is 18.3 Å². The highest BCUT2D eigenvalue weighted by Gasteiger charge is 2.03. The number of methoxy groups -OCH3 is 1. The summed E-state index contributed by atoms with van der Waals surface area (Å²) in [5.41, 5.74) is 1.81. The van der Waals surface area contributed by atoms with E-state index >= 15 is 0 Å². The Hall–Kier alpha value is -1.92. The Labute approximate surface area is 111 Å². The van der Waals surface area contributed by atoms with Crippen molar-refractivity contribution in [2.45, 2.75) is 16.7 Å². The summed E-state index contributed by atoms with van der Waals surface area (Å²) in [6.45, 7) is 2.02. The molecule has 0 radical (unpaired) electrons. The Bertz CT molecular complexity index is 602. The van der Waals surface area contributed by atoms with E-state index in [0.29, 0.717) is 5.56 Å². The second-order valence-electron chi connectivity index (χ2n) is 3.87. The molecule has 3 heteroatoms. The lowest BCUT2D eigenvalue weighted by Gasteiger charge is -2.07. The van der Waals surface area contributed by atoms with E-state index in [2.05, 4.69) is 6.07 Å². The van der Waals surface area contributed by atoms with Gasteiger partial charge in [0.15, 0.2) is 0 Å². The normalized spacial score (nSPS) is 9.83.